The predicted molar refractivity (Wildman–Crippen MR) is 142 cm³/mol. The van der Waals surface area contributed by atoms with Gasteiger partial charge in [-0.05, 0) is 45.1 Å². The van der Waals surface area contributed by atoms with E-state index in [1.54, 1.807) is 18.6 Å². The fourth-order valence-electron chi connectivity index (χ4n) is 3.90. The Hall–Kier alpha value is -2.56. The van der Waals surface area contributed by atoms with Gasteiger partial charge in [0.2, 0.25) is 11.8 Å². The van der Waals surface area contributed by atoms with Crippen LogP contribution in [0, 0.1) is 6.54 Å². The first-order chi connectivity index (χ1) is 17.1. The number of halogens is 1. The molecule has 0 saturated heterocycles. The summed E-state index contributed by atoms with van der Waals surface area (Å²) in [6.07, 6.45) is 4.70. The van der Waals surface area contributed by atoms with E-state index in [0.717, 1.165) is 35.5 Å². The summed E-state index contributed by atoms with van der Waals surface area (Å²) in [5, 5.41) is 0.883. The van der Waals surface area contributed by atoms with Crippen molar-refractivity contribution in [3.8, 4) is 22.9 Å². The fourth-order valence-corrected chi connectivity index (χ4v) is 4.66. The molecule has 1 saturated carbocycles. The van der Waals surface area contributed by atoms with Crippen LogP contribution in [0.3, 0.4) is 0 Å². The molecule has 0 spiro atoms. The van der Waals surface area contributed by atoms with E-state index < -0.39 is 14.2 Å². The zero-order valence-electron chi connectivity index (χ0n) is 22.1. The van der Waals surface area contributed by atoms with Crippen LogP contribution in [0.4, 0.5) is 4.39 Å². The summed E-state index contributed by atoms with van der Waals surface area (Å²) in [4.78, 5) is 15.3. The molecule has 1 atom stereocenters. The highest BCUT2D eigenvalue weighted by Gasteiger charge is 2.29. The molecule has 1 radical (unpaired) electrons. The van der Waals surface area contributed by atoms with Gasteiger partial charge in [0.15, 0.2) is 0 Å². The number of methoxy groups -OCH3 is 1. The van der Waals surface area contributed by atoms with Crippen molar-refractivity contribution < 1.29 is 18.6 Å². The van der Waals surface area contributed by atoms with Gasteiger partial charge in [-0.25, -0.2) is 19.3 Å². The van der Waals surface area contributed by atoms with Gasteiger partial charge in [0.1, 0.15) is 36.5 Å². The number of hydrogen-bond acceptors (Lipinski definition) is 7. The lowest BCUT2D eigenvalue weighted by Gasteiger charge is -2.16. The zero-order valence-corrected chi connectivity index (χ0v) is 23.1. The van der Waals surface area contributed by atoms with Crippen LogP contribution >= 0.6 is 0 Å². The summed E-state index contributed by atoms with van der Waals surface area (Å²) in [5.74, 6) is 0.935. The molecule has 0 aliphatic heterocycles. The number of hydrogen-bond donors (Lipinski definition) is 0. The summed E-state index contributed by atoms with van der Waals surface area (Å²) in [7, 11) is 4.00. The molecule has 0 aromatic carbocycles. The molecule has 0 N–H and O–H groups in total. The highest BCUT2D eigenvalue weighted by atomic mass is 28.3. The van der Waals surface area contributed by atoms with E-state index in [0.29, 0.717) is 36.4 Å². The maximum absolute atomic E-state index is 14.5. The highest BCUT2D eigenvalue weighted by molar-refractivity contribution is 6.76. The molecule has 195 valence electrons. The van der Waals surface area contributed by atoms with Crippen molar-refractivity contribution >= 4 is 19.1 Å². The maximum Gasteiger partial charge on any atom is 0.228 e. The van der Waals surface area contributed by atoms with Crippen molar-refractivity contribution in [1.29, 1.82) is 0 Å². The molecule has 0 amide bonds. The summed E-state index contributed by atoms with van der Waals surface area (Å²) in [5.41, 5.74) is 2.93. The molecule has 1 aliphatic rings. The van der Waals surface area contributed by atoms with Crippen LogP contribution in [-0.2, 0) is 17.9 Å². The third kappa shape index (κ3) is 6.80. The number of aromatic nitrogens is 4. The summed E-state index contributed by atoms with van der Waals surface area (Å²) < 4.78 is 34.3. The Kier molecular flexibility index (Phi) is 8.26. The molecule has 1 fully saturated rings. The maximum atomic E-state index is 14.5. The lowest BCUT2D eigenvalue weighted by Crippen LogP contribution is -2.22. The van der Waals surface area contributed by atoms with Crippen molar-refractivity contribution in [2.24, 2.45) is 0 Å². The van der Waals surface area contributed by atoms with Crippen LogP contribution in [0.1, 0.15) is 18.5 Å². The standard InChI is InChI=1S/C26H37FN5O3Si/c1-31(2)14-18(27)13-19-7-10-21-22(15-32(24(21)30-19)17-34-11-12-36(4,5)6)23-25(33-3)28-16-29-26(23)35-20-8-9-20/h7,10,14-16,18,20H,8-9,11-13,17H2,1-6H3. The quantitative estimate of drug-likeness (QED) is 0.236. The largest absolute Gasteiger partial charge is 0.480 e. The van der Waals surface area contributed by atoms with E-state index in [4.69, 9.17) is 19.2 Å². The average Bonchev–Trinajstić information content (AvgIpc) is 3.55. The van der Waals surface area contributed by atoms with Crippen molar-refractivity contribution in [3.63, 3.8) is 0 Å². The summed E-state index contributed by atoms with van der Waals surface area (Å²) in [6.45, 7) is 9.55. The molecule has 36 heavy (non-hydrogen) atoms. The van der Waals surface area contributed by atoms with Crippen molar-refractivity contribution in [2.75, 3.05) is 27.8 Å². The highest BCUT2D eigenvalue weighted by Crippen LogP contribution is 2.42. The third-order valence-corrected chi connectivity index (χ3v) is 7.62. The second-order valence-electron chi connectivity index (χ2n) is 10.7. The normalized spacial score (nSPS) is 15.0. The molecule has 3 aromatic rings. The van der Waals surface area contributed by atoms with E-state index in [1.807, 2.05) is 37.0 Å². The zero-order chi connectivity index (χ0) is 25.9. The second kappa shape index (κ2) is 11.2. The van der Waals surface area contributed by atoms with Gasteiger partial charge < -0.3 is 23.7 Å². The number of rotatable bonds is 13. The van der Waals surface area contributed by atoms with E-state index in [-0.39, 0.29) is 12.5 Å². The Morgan fingerprint density at radius 3 is 2.61 bits per heavy atom. The fraction of sp³-hybridized carbons (Fsp3) is 0.538. The number of nitrogens with zero attached hydrogens (tertiary/aromatic N) is 5. The topological polar surface area (TPSA) is 74.5 Å². The van der Waals surface area contributed by atoms with Crippen molar-refractivity contribution in [2.45, 2.75) is 64.0 Å². The van der Waals surface area contributed by atoms with Gasteiger partial charge in [-0.1, -0.05) is 19.6 Å². The Bertz CT molecular complexity index is 1180. The number of alkyl halides is 1. The minimum Gasteiger partial charge on any atom is -0.480 e. The minimum absolute atomic E-state index is 0.167. The molecule has 3 heterocycles. The van der Waals surface area contributed by atoms with Gasteiger partial charge in [0, 0.05) is 43.9 Å². The molecule has 10 heteroatoms. The number of ether oxygens (including phenoxy) is 3. The van der Waals surface area contributed by atoms with Gasteiger partial charge in [-0.3, -0.25) is 0 Å². The van der Waals surface area contributed by atoms with Gasteiger partial charge in [0.25, 0.3) is 0 Å². The summed E-state index contributed by atoms with van der Waals surface area (Å²) in [6, 6.07) is 4.92. The smallest absolute Gasteiger partial charge is 0.228 e. The molecular formula is C26H37FN5O3Si. The Labute approximate surface area is 213 Å². The molecule has 3 aromatic heterocycles. The molecule has 1 aliphatic carbocycles. The molecule has 1 unspecified atom stereocenters. The van der Waals surface area contributed by atoms with E-state index >= 15 is 0 Å². The summed E-state index contributed by atoms with van der Waals surface area (Å²) >= 11 is 0. The van der Waals surface area contributed by atoms with Gasteiger partial charge in [0.05, 0.1) is 13.7 Å². The molecule has 0 bridgehead atoms. The van der Waals surface area contributed by atoms with Gasteiger partial charge in [-0.15, -0.1) is 0 Å². The van der Waals surface area contributed by atoms with Crippen LogP contribution < -0.4 is 9.47 Å². The lowest BCUT2D eigenvalue weighted by molar-refractivity contribution is 0.0899. The monoisotopic (exact) mass is 514 g/mol. The van der Waals surface area contributed by atoms with Crippen LogP contribution in [0.25, 0.3) is 22.2 Å². The van der Waals surface area contributed by atoms with Crippen molar-refractivity contribution in [3.05, 3.63) is 36.9 Å². The SMILES string of the molecule is COc1ncnc(OC2CC2)c1-c1cn(COCC[Si](C)(C)C)c2nc(CC(F)[CH]N(C)C)ccc12. The van der Waals surface area contributed by atoms with Gasteiger partial charge in [-0.2, -0.15) is 0 Å². The van der Waals surface area contributed by atoms with Crippen LogP contribution in [-0.4, -0.2) is 72.6 Å². The molecule has 8 nitrogen and oxygen atoms in total. The van der Waals surface area contributed by atoms with E-state index in [9.17, 15) is 4.39 Å². The number of fused-ring (bicyclic) bond motifs is 1. The van der Waals surface area contributed by atoms with E-state index in [2.05, 4.69) is 29.6 Å². The Morgan fingerprint density at radius 1 is 1.19 bits per heavy atom. The van der Waals surface area contributed by atoms with E-state index in [1.165, 1.54) is 6.33 Å². The van der Waals surface area contributed by atoms with Crippen molar-refractivity contribution in [1.82, 2.24) is 24.4 Å². The minimum atomic E-state index is -1.22. The first kappa shape index (κ1) is 26.5. The molecular weight excluding hydrogens is 477 g/mol. The predicted octanol–water partition coefficient (Wildman–Crippen LogP) is 4.96. The third-order valence-electron chi connectivity index (χ3n) is 5.91. The Balaban J connectivity index is 1.72. The first-order valence-electron chi connectivity index (χ1n) is 12.4. The van der Waals surface area contributed by atoms with Crippen LogP contribution in [0.5, 0.6) is 11.8 Å². The van der Waals surface area contributed by atoms with Crippen LogP contribution in [0.2, 0.25) is 25.7 Å². The second-order valence-corrected chi connectivity index (χ2v) is 16.4. The Morgan fingerprint density at radius 2 is 1.94 bits per heavy atom. The van der Waals surface area contributed by atoms with Gasteiger partial charge >= 0.3 is 0 Å². The first-order valence-corrected chi connectivity index (χ1v) is 16.1. The van der Waals surface area contributed by atoms with Crippen LogP contribution in [0.15, 0.2) is 24.7 Å². The molecule has 4 rings (SSSR count). The number of pyridine rings is 1. The average molecular weight is 515 g/mol. The lowest BCUT2D eigenvalue weighted by atomic mass is 10.1.